The molecule has 3 aromatic carbocycles. The number of benzene rings is 3. The van der Waals surface area contributed by atoms with Crippen LogP contribution in [0.3, 0.4) is 0 Å². The molecule has 2 aliphatic rings. The van der Waals surface area contributed by atoms with E-state index in [1.807, 2.05) is 36.4 Å². The molecule has 3 unspecified atom stereocenters. The molecule has 3 nitrogen and oxygen atoms in total. The molecule has 1 aliphatic carbocycles. The molecule has 0 saturated heterocycles. The van der Waals surface area contributed by atoms with Gasteiger partial charge < -0.3 is 10.4 Å². The number of fused-ring (bicyclic) bond motifs is 4. The highest BCUT2D eigenvalue weighted by atomic mass is 16.3. The van der Waals surface area contributed by atoms with Crippen molar-refractivity contribution in [3.8, 4) is 5.75 Å². The third kappa shape index (κ3) is 2.46. The molecule has 0 spiro atoms. The summed E-state index contributed by atoms with van der Waals surface area (Å²) in [5.41, 5.74) is 3.94. The summed E-state index contributed by atoms with van der Waals surface area (Å²) < 4.78 is 0. The molecule has 0 bridgehead atoms. The number of ketones is 1. The SMILES string of the molecule is CC(=O)c1ccc2c(c1)C1C=CCC1C(c1c(O)ccc3ccccc13)N2. The summed E-state index contributed by atoms with van der Waals surface area (Å²) in [5, 5.41) is 16.6. The van der Waals surface area contributed by atoms with E-state index in [2.05, 4.69) is 29.6 Å². The maximum atomic E-state index is 11.8. The van der Waals surface area contributed by atoms with Crippen LogP contribution >= 0.6 is 0 Å². The Kier molecular flexibility index (Phi) is 3.57. The molecule has 1 heterocycles. The van der Waals surface area contributed by atoms with Gasteiger partial charge >= 0.3 is 0 Å². The van der Waals surface area contributed by atoms with Crippen LogP contribution in [0.5, 0.6) is 5.75 Å². The predicted octanol–water partition coefficient (Wildman–Crippen LogP) is 5.57. The summed E-state index contributed by atoms with van der Waals surface area (Å²) in [6.07, 6.45) is 5.43. The molecule has 134 valence electrons. The van der Waals surface area contributed by atoms with Crippen LogP contribution in [0.4, 0.5) is 5.69 Å². The fraction of sp³-hybridized carbons (Fsp3) is 0.208. The number of phenolic OH excluding ortho intramolecular Hbond substituents is 1. The van der Waals surface area contributed by atoms with Crippen LogP contribution in [0.25, 0.3) is 10.8 Å². The molecule has 0 saturated carbocycles. The number of hydrogen-bond donors (Lipinski definition) is 2. The molecular formula is C24H21NO2. The van der Waals surface area contributed by atoms with E-state index < -0.39 is 0 Å². The van der Waals surface area contributed by atoms with Gasteiger partial charge in [0.15, 0.2) is 5.78 Å². The Morgan fingerprint density at radius 2 is 1.96 bits per heavy atom. The molecule has 3 heteroatoms. The van der Waals surface area contributed by atoms with E-state index in [1.165, 1.54) is 5.56 Å². The van der Waals surface area contributed by atoms with Crippen molar-refractivity contribution in [3.05, 3.63) is 83.4 Å². The molecular weight excluding hydrogens is 334 g/mol. The zero-order chi connectivity index (χ0) is 18.5. The van der Waals surface area contributed by atoms with Gasteiger partial charge in [-0.15, -0.1) is 0 Å². The van der Waals surface area contributed by atoms with Crippen LogP contribution in [-0.2, 0) is 0 Å². The summed E-state index contributed by atoms with van der Waals surface area (Å²) in [6, 6.07) is 17.9. The Hall–Kier alpha value is -3.07. The van der Waals surface area contributed by atoms with Crippen LogP contribution in [0.15, 0.2) is 66.7 Å². The van der Waals surface area contributed by atoms with Crippen molar-refractivity contribution < 1.29 is 9.90 Å². The minimum Gasteiger partial charge on any atom is -0.508 e. The molecule has 5 rings (SSSR count). The smallest absolute Gasteiger partial charge is 0.159 e. The topological polar surface area (TPSA) is 49.3 Å². The van der Waals surface area contributed by atoms with E-state index in [9.17, 15) is 9.90 Å². The highest BCUT2D eigenvalue weighted by molar-refractivity contribution is 5.95. The van der Waals surface area contributed by atoms with Crippen molar-refractivity contribution in [2.45, 2.75) is 25.3 Å². The number of anilines is 1. The Balaban J connectivity index is 1.68. The van der Waals surface area contributed by atoms with Gasteiger partial charge in [-0.1, -0.05) is 42.5 Å². The van der Waals surface area contributed by atoms with Crippen LogP contribution in [0, 0.1) is 5.92 Å². The fourth-order valence-electron chi connectivity index (χ4n) is 4.71. The van der Waals surface area contributed by atoms with Gasteiger partial charge in [0.25, 0.3) is 0 Å². The first-order valence-electron chi connectivity index (χ1n) is 9.42. The van der Waals surface area contributed by atoms with Crippen LogP contribution < -0.4 is 5.32 Å². The van der Waals surface area contributed by atoms with Crippen LogP contribution in [-0.4, -0.2) is 10.9 Å². The number of nitrogens with one attached hydrogen (secondary N) is 1. The molecule has 3 atom stereocenters. The number of carbonyl (C=O) groups excluding carboxylic acids is 1. The first kappa shape index (κ1) is 16.1. The van der Waals surface area contributed by atoms with Crippen molar-refractivity contribution in [1.29, 1.82) is 0 Å². The first-order valence-corrected chi connectivity index (χ1v) is 9.42. The second-order valence-corrected chi connectivity index (χ2v) is 7.55. The first-order chi connectivity index (χ1) is 13.1. The zero-order valence-corrected chi connectivity index (χ0v) is 15.1. The maximum Gasteiger partial charge on any atom is 0.159 e. The fourth-order valence-corrected chi connectivity index (χ4v) is 4.71. The second kappa shape index (κ2) is 5.98. The standard InChI is InChI=1S/C24H21NO2/c1-14(26)16-9-11-21-20(13-16)18-7-4-8-19(18)24(25-21)23-17-6-3-2-5-15(17)10-12-22(23)27/h2-7,9-13,18-19,24-25,27H,8H2,1H3. The lowest BCUT2D eigenvalue weighted by Crippen LogP contribution is -2.29. The minimum atomic E-state index is 0.0202. The Bertz CT molecular complexity index is 1100. The normalized spacial score (nSPS) is 22.9. The van der Waals surface area contributed by atoms with E-state index in [-0.39, 0.29) is 17.7 Å². The van der Waals surface area contributed by atoms with E-state index in [0.29, 0.717) is 11.7 Å². The van der Waals surface area contributed by atoms with E-state index in [0.717, 1.165) is 34.0 Å². The molecule has 3 aromatic rings. The van der Waals surface area contributed by atoms with E-state index >= 15 is 0 Å². The third-order valence-electron chi connectivity index (χ3n) is 6.03. The number of rotatable bonds is 2. The van der Waals surface area contributed by atoms with E-state index in [4.69, 9.17) is 0 Å². The molecule has 2 N–H and O–H groups in total. The van der Waals surface area contributed by atoms with Gasteiger partial charge in [0.05, 0.1) is 6.04 Å². The molecule has 0 radical (unpaired) electrons. The molecule has 27 heavy (non-hydrogen) atoms. The summed E-state index contributed by atoms with van der Waals surface area (Å²) in [6.45, 7) is 1.61. The van der Waals surface area contributed by atoms with Crippen molar-refractivity contribution in [1.82, 2.24) is 0 Å². The number of hydrogen-bond acceptors (Lipinski definition) is 3. The Labute approximate surface area is 158 Å². The van der Waals surface area contributed by atoms with Crippen molar-refractivity contribution in [2.24, 2.45) is 5.92 Å². The van der Waals surface area contributed by atoms with Gasteiger partial charge in [-0.25, -0.2) is 0 Å². The highest BCUT2D eigenvalue weighted by Crippen LogP contribution is 2.52. The minimum absolute atomic E-state index is 0.0202. The monoisotopic (exact) mass is 355 g/mol. The van der Waals surface area contributed by atoms with Gasteiger partial charge in [0.2, 0.25) is 0 Å². The lowest BCUT2D eigenvalue weighted by molar-refractivity contribution is 0.101. The lowest BCUT2D eigenvalue weighted by atomic mass is 9.75. The van der Waals surface area contributed by atoms with E-state index in [1.54, 1.807) is 13.0 Å². The molecule has 0 aromatic heterocycles. The Morgan fingerprint density at radius 3 is 2.81 bits per heavy atom. The van der Waals surface area contributed by atoms with Gasteiger partial charge in [-0.2, -0.15) is 0 Å². The number of allylic oxidation sites excluding steroid dienone is 2. The van der Waals surface area contributed by atoms with Gasteiger partial charge in [0.1, 0.15) is 5.75 Å². The molecule has 0 fully saturated rings. The number of carbonyl (C=O) groups is 1. The van der Waals surface area contributed by atoms with Crippen molar-refractivity contribution in [2.75, 3.05) is 5.32 Å². The maximum absolute atomic E-state index is 11.8. The van der Waals surface area contributed by atoms with Crippen molar-refractivity contribution in [3.63, 3.8) is 0 Å². The van der Waals surface area contributed by atoms with Gasteiger partial charge in [-0.05, 0) is 59.9 Å². The summed E-state index contributed by atoms with van der Waals surface area (Å²) in [5.74, 6) is 0.992. The van der Waals surface area contributed by atoms with Gasteiger partial charge in [0, 0.05) is 22.7 Å². The number of phenols is 1. The molecule has 1 aliphatic heterocycles. The largest absolute Gasteiger partial charge is 0.508 e. The highest BCUT2D eigenvalue weighted by Gasteiger charge is 2.39. The van der Waals surface area contributed by atoms with Crippen molar-refractivity contribution >= 4 is 22.2 Å². The van der Waals surface area contributed by atoms with Crippen LogP contribution in [0.1, 0.15) is 46.8 Å². The Morgan fingerprint density at radius 1 is 1.11 bits per heavy atom. The summed E-state index contributed by atoms with van der Waals surface area (Å²) in [4.78, 5) is 11.8. The average Bonchev–Trinajstić information content (AvgIpc) is 3.17. The molecule has 0 amide bonds. The quantitative estimate of drug-likeness (QED) is 0.466. The average molecular weight is 355 g/mol. The van der Waals surface area contributed by atoms with Gasteiger partial charge in [-0.3, -0.25) is 4.79 Å². The number of Topliss-reactive ketones (excluding diaryl/α,β-unsaturated/α-hetero) is 1. The lowest BCUT2D eigenvalue weighted by Gasteiger charge is -2.38. The van der Waals surface area contributed by atoms with Crippen LogP contribution in [0.2, 0.25) is 0 Å². The summed E-state index contributed by atoms with van der Waals surface area (Å²) in [7, 11) is 0. The summed E-state index contributed by atoms with van der Waals surface area (Å²) >= 11 is 0. The zero-order valence-electron chi connectivity index (χ0n) is 15.1. The number of aromatic hydroxyl groups is 1. The second-order valence-electron chi connectivity index (χ2n) is 7.55. The third-order valence-corrected chi connectivity index (χ3v) is 6.03. The predicted molar refractivity (Wildman–Crippen MR) is 108 cm³/mol.